The second kappa shape index (κ2) is 6.82. The Bertz CT molecular complexity index is 775. The molecule has 2 aliphatic rings. The van der Waals surface area contributed by atoms with Crippen molar-refractivity contribution >= 4 is 6.03 Å². The van der Waals surface area contributed by atoms with E-state index in [0.29, 0.717) is 6.54 Å². The van der Waals surface area contributed by atoms with Gasteiger partial charge in [-0.2, -0.15) is 0 Å². The Hall–Kier alpha value is -2.44. The van der Waals surface area contributed by atoms with Crippen LogP contribution in [0.25, 0.3) is 0 Å². The Morgan fingerprint density at radius 2 is 2.20 bits per heavy atom. The highest BCUT2D eigenvalue weighted by atomic mass is 19.1. The molecule has 2 heterocycles. The summed E-state index contributed by atoms with van der Waals surface area (Å²) in [6.07, 6.45) is 5.28. The Morgan fingerprint density at radius 3 is 3.08 bits per heavy atom. The summed E-state index contributed by atoms with van der Waals surface area (Å²) in [5, 5.41) is 14.3. The van der Waals surface area contributed by atoms with Crippen LogP contribution in [-0.2, 0) is 19.5 Å². The van der Waals surface area contributed by atoms with Gasteiger partial charge < -0.3 is 15.2 Å². The van der Waals surface area contributed by atoms with E-state index >= 15 is 0 Å². The minimum Gasteiger partial charge on any atom is -0.335 e. The van der Waals surface area contributed by atoms with Crippen LogP contribution in [-0.4, -0.2) is 26.8 Å². The van der Waals surface area contributed by atoms with Gasteiger partial charge in [0.25, 0.3) is 0 Å². The first-order chi connectivity index (χ1) is 12.2. The van der Waals surface area contributed by atoms with E-state index in [4.69, 9.17) is 0 Å². The SMILES string of the molecule is O=C(NCc1nnc2n1CCCCC2)NC1CC1c1cccc(F)c1. The molecule has 2 aromatic rings. The normalized spacial score (nSPS) is 22.0. The molecular weight excluding hydrogens is 321 g/mol. The third-order valence-corrected chi connectivity index (χ3v) is 4.98. The van der Waals surface area contributed by atoms with Gasteiger partial charge in [0.1, 0.15) is 11.6 Å². The third-order valence-electron chi connectivity index (χ3n) is 4.98. The molecule has 0 radical (unpaired) electrons. The summed E-state index contributed by atoms with van der Waals surface area (Å²) in [5.41, 5.74) is 0.938. The molecule has 1 fully saturated rings. The molecule has 7 heteroatoms. The maximum Gasteiger partial charge on any atom is 0.315 e. The van der Waals surface area contributed by atoms with Crippen LogP contribution in [0.3, 0.4) is 0 Å². The molecule has 25 heavy (non-hydrogen) atoms. The van der Waals surface area contributed by atoms with Crippen LogP contribution in [0, 0.1) is 5.82 Å². The van der Waals surface area contributed by atoms with E-state index < -0.39 is 0 Å². The van der Waals surface area contributed by atoms with Gasteiger partial charge in [-0.3, -0.25) is 0 Å². The first-order valence-electron chi connectivity index (χ1n) is 8.91. The lowest BCUT2D eigenvalue weighted by Crippen LogP contribution is -2.37. The van der Waals surface area contributed by atoms with Crippen LogP contribution in [0.5, 0.6) is 0 Å². The summed E-state index contributed by atoms with van der Waals surface area (Å²) in [6, 6.07) is 6.43. The number of nitrogens with zero attached hydrogens (tertiary/aromatic N) is 3. The minimum absolute atomic E-state index is 0.0670. The number of aryl methyl sites for hydroxylation is 1. The zero-order valence-electron chi connectivity index (χ0n) is 14.0. The number of rotatable bonds is 4. The highest BCUT2D eigenvalue weighted by molar-refractivity contribution is 5.74. The minimum atomic E-state index is -0.236. The first-order valence-corrected chi connectivity index (χ1v) is 8.91. The smallest absolute Gasteiger partial charge is 0.315 e. The Labute approximate surface area is 145 Å². The quantitative estimate of drug-likeness (QED) is 0.896. The molecule has 0 bridgehead atoms. The number of aromatic nitrogens is 3. The van der Waals surface area contributed by atoms with Crippen molar-refractivity contribution in [3.63, 3.8) is 0 Å². The number of benzene rings is 1. The lowest BCUT2D eigenvalue weighted by molar-refractivity contribution is 0.239. The van der Waals surface area contributed by atoms with E-state index in [1.54, 1.807) is 6.07 Å². The largest absolute Gasteiger partial charge is 0.335 e. The average Bonchev–Trinajstić information content (AvgIpc) is 3.32. The molecule has 2 N–H and O–H groups in total. The molecule has 4 rings (SSSR count). The monoisotopic (exact) mass is 343 g/mol. The average molecular weight is 343 g/mol. The first kappa shape index (κ1) is 16.1. The fraction of sp³-hybridized carbons (Fsp3) is 0.500. The standard InChI is InChI=1S/C18H22FN5O/c19-13-6-4-5-12(9-13)14-10-15(14)21-18(25)20-11-17-23-22-16-7-2-1-3-8-24(16)17/h4-6,9,14-15H,1-3,7-8,10-11H2,(H2,20,21,25). The van der Waals surface area contributed by atoms with Crippen LogP contribution in [0.15, 0.2) is 24.3 Å². The zero-order valence-corrected chi connectivity index (χ0v) is 14.0. The molecule has 0 saturated heterocycles. The summed E-state index contributed by atoms with van der Waals surface area (Å²) in [7, 11) is 0. The number of nitrogens with one attached hydrogen (secondary N) is 2. The van der Waals surface area contributed by atoms with Crippen molar-refractivity contribution in [2.45, 2.75) is 57.2 Å². The van der Waals surface area contributed by atoms with E-state index in [1.807, 2.05) is 6.07 Å². The van der Waals surface area contributed by atoms with Gasteiger partial charge in [-0.25, -0.2) is 9.18 Å². The number of hydrogen-bond donors (Lipinski definition) is 2. The number of amides is 2. The summed E-state index contributed by atoms with van der Waals surface area (Å²) in [5.74, 6) is 1.79. The summed E-state index contributed by atoms with van der Waals surface area (Å²) in [4.78, 5) is 12.1. The number of fused-ring (bicyclic) bond motifs is 1. The molecule has 2 amide bonds. The fourth-order valence-corrected chi connectivity index (χ4v) is 3.51. The molecule has 132 valence electrons. The molecule has 2 unspecified atom stereocenters. The molecule has 1 aliphatic carbocycles. The number of carbonyl (C=O) groups is 1. The number of urea groups is 1. The Balaban J connectivity index is 1.29. The molecule has 6 nitrogen and oxygen atoms in total. The number of halogens is 1. The predicted octanol–water partition coefficient (Wildman–Crippen LogP) is 2.50. The van der Waals surface area contributed by atoms with Gasteiger partial charge in [-0.15, -0.1) is 10.2 Å². The zero-order chi connectivity index (χ0) is 17.2. The summed E-state index contributed by atoms with van der Waals surface area (Å²) >= 11 is 0. The fourth-order valence-electron chi connectivity index (χ4n) is 3.51. The Kier molecular flexibility index (Phi) is 4.38. The van der Waals surface area contributed by atoms with Crippen LogP contribution >= 0.6 is 0 Å². The van der Waals surface area contributed by atoms with Crippen molar-refractivity contribution in [2.75, 3.05) is 0 Å². The Morgan fingerprint density at radius 1 is 1.28 bits per heavy atom. The second-order valence-electron chi connectivity index (χ2n) is 6.83. The molecular formula is C18H22FN5O. The van der Waals surface area contributed by atoms with Gasteiger partial charge in [0.2, 0.25) is 0 Å². The van der Waals surface area contributed by atoms with Crippen molar-refractivity contribution in [2.24, 2.45) is 0 Å². The maximum absolute atomic E-state index is 13.3. The third kappa shape index (κ3) is 3.65. The second-order valence-corrected chi connectivity index (χ2v) is 6.83. The highest BCUT2D eigenvalue weighted by Crippen LogP contribution is 2.40. The predicted molar refractivity (Wildman–Crippen MR) is 90.5 cm³/mol. The van der Waals surface area contributed by atoms with E-state index in [0.717, 1.165) is 49.4 Å². The van der Waals surface area contributed by atoms with Crippen LogP contribution in [0.4, 0.5) is 9.18 Å². The van der Waals surface area contributed by atoms with Crippen molar-refractivity contribution in [1.29, 1.82) is 0 Å². The van der Waals surface area contributed by atoms with Crippen LogP contribution < -0.4 is 10.6 Å². The summed E-state index contributed by atoms with van der Waals surface area (Å²) in [6.45, 7) is 1.29. The van der Waals surface area contributed by atoms with Gasteiger partial charge in [0.15, 0.2) is 5.82 Å². The molecule has 1 aliphatic heterocycles. The topological polar surface area (TPSA) is 71.8 Å². The lowest BCUT2D eigenvalue weighted by atomic mass is 10.1. The van der Waals surface area contributed by atoms with Gasteiger partial charge >= 0.3 is 6.03 Å². The maximum atomic E-state index is 13.3. The van der Waals surface area contributed by atoms with Gasteiger partial charge in [-0.05, 0) is 37.0 Å². The van der Waals surface area contributed by atoms with Crippen molar-refractivity contribution in [3.05, 3.63) is 47.3 Å². The molecule has 0 spiro atoms. The van der Waals surface area contributed by atoms with Crippen LogP contribution in [0.1, 0.15) is 48.8 Å². The van der Waals surface area contributed by atoms with Gasteiger partial charge in [0, 0.05) is 24.9 Å². The van der Waals surface area contributed by atoms with Gasteiger partial charge in [0.05, 0.1) is 6.54 Å². The van der Waals surface area contributed by atoms with Crippen LogP contribution in [0.2, 0.25) is 0 Å². The van der Waals surface area contributed by atoms with Gasteiger partial charge in [-0.1, -0.05) is 18.6 Å². The van der Waals surface area contributed by atoms with E-state index in [1.165, 1.54) is 18.6 Å². The van der Waals surface area contributed by atoms with Crippen molar-refractivity contribution in [1.82, 2.24) is 25.4 Å². The number of hydrogen-bond acceptors (Lipinski definition) is 3. The molecule has 1 aromatic carbocycles. The lowest BCUT2D eigenvalue weighted by Gasteiger charge is -2.09. The van der Waals surface area contributed by atoms with Crippen molar-refractivity contribution < 1.29 is 9.18 Å². The van der Waals surface area contributed by atoms with E-state index in [-0.39, 0.29) is 23.8 Å². The summed E-state index contributed by atoms with van der Waals surface area (Å²) < 4.78 is 15.4. The molecule has 1 saturated carbocycles. The van der Waals surface area contributed by atoms with E-state index in [2.05, 4.69) is 25.4 Å². The molecule has 2 atom stereocenters. The van der Waals surface area contributed by atoms with Crippen molar-refractivity contribution in [3.8, 4) is 0 Å². The highest BCUT2D eigenvalue weighted by Gasteiger charge is 2.39. The molecule has 1 aromatic heterocycles. The van der Waals surface area contributed by atoms with E-state index in [9.17, 15) is 9.18 Å². The number of carbonyl (C=O) groups excluding carboxylic acids is 1.